The average molecular weight is 257 g/mol. The van der Waals surface area contributed by atoms with Gasteiger partial charge in [0.05, 0.1) is 7.11 Å². The molecule has 0 atom stereocenters. The summed E-state index contributed by atoms with van der Waals surface area (Å²) in [6.07, 6.45) is 3.32. The van der Waals surface area contributed by atoms with Crippen LogP contribution in [0.4, 0.5) is 0 Å². The zero-order chi connectivity index (χ0) is 13.7. The predicted molar refractivity (Wildman–Crippen MR) is 76.1 cm³/mol. The first-order chi connectivity index (χ1) is 9.26. The molecule has 0 aliphatic heterocycles. The lowest BCUT2D eigenvalue weighted by molar-refractivity contribution is 0.397. The highest BCUT2D eigenvalue weighted by atomic mass is 16.5. The van der Waals surface area contributed by atoms with Crippen LogP contribution in [0.25, 0.3) is 11.3 Å². The molecule has 19 heavy (non-hydrogen) atoms. The van der Waals surface area contributed by atoms with Crippen LogP contribution < -0.4 is 10.1 Å². The van der Waals surface area contributed by atoms with E-state index in [1.54, 1.807) is 19.5 Å². The summed E-state index contributed by atoms with van der Waals surface area (Å²) in [5.41, 5.74) is 4.29. The van der Waals surface area contributed by atoms with E-state index in [1.165, 1.54) is 11.1 Å². The Balaban J connectivity index is 2.35. The summed E-state index contributed by atoms with van der Waals surface area (Å²) >= 11 is 0. The zero-order valence-electron chi connectivity index (χ0n) is 11.6. The van der Waals surface area contributed by atoms with Gasteiger partial charge in [0.15, 0.2) is 0 Å². The highest BCUT2D eigenvalue weighted by molar-refractivity contribution is 5.68. The van der Waals surface area contributed by atoms with Gasteiger partial charge in [-0.2, -0.15) is 0 Å². The van der Waals surface area contributed by atoms with E-state index < -0.39 is 0 Å². The lowest BCUT2D eigenvalue weighted by Crippen LogP contribution is -2.11. The molecule has 0 amide bonds. The minimum absolute atomic E-state index is 0.560. The Morgan fingerprint density at radius 2 is 2.00 bits per heavy atom. The smallest absolute Gasteiger partial charge is 0.240 e. The van der Waals surface area contributed by atoms with Crippen LogP contribution in [0, 0.1) is 6.92 Å². The van der Waals surface area contributed by atoms with E-state index in [0.717, 1.165) is 24.3 Å². The Morgan fingerprint density at radius 1 is 1.21 bits per heavy atom. The summed E-state index contributed by atoms with van der Waals surface area (Å²) < 4.78 is 5.26. The number of benzene rings is 1. The third-order valence-electron chi connectivity index (χ3n) is 2.98. The first-order valence-electron chi connectivity index (χ1n) is 6.42. The van der Waals surface area contributed by atoms with Gasteiger partial charge in [0.1, 0.15) is 5.69 Å². The monoisotopic (exact) mass is 257 g/mol. The normalized spacial score (nSPS) is 10.5. The van der Waals surface area contributed by atoms with E-state index in [9.17, 15) is 0 Å². The molecule has 0 bridgehead atoms. The summed E-state index contributed by atoms with van der Waals surface area (Å²) in [4.78, 5) is 8.56. The molecule has 1 aromatic carbocycles. The Labute approximate surface area is 113 Å². The number of aryl methyl sites for hydroxylation is 1. The topological polar surface area (TPSA) is 47.0 Å². The second-order valence-corrected chi connectivity index (χ2v) is 4.34. The highest BCUT2D eigenvalue weighted by Gasteiger charge is 2.10. The highest BCUT2D eigenvalue weighted by Crippen LogP contribution is 2.28. The van der Waals surface area contributed by atoms with Gasteiger partial charge in [-0.15, -0.1) is 0 Å². The van der Waals surface area contributed by atoms with Gasteiger partial charge >= 0.3 is 0 Å². The third kappa shape index (κ3) is 3.09. The lowest BCUT2D eigenvalue weighted by Gasteiger charge is -2.10. The van der Waals surface area contributed by atoms with Gasteiger partial charge in [0.25, 0.3) is 0 Å². The van der Waals surface area contributed by atoms with Gasteiger partial charge in [0.2, 0.25) is 5.88 Å². The molecule has 0 aliphatic carbocycles. The number of ether oxygens (including phenoxy) is 1. The molecular formula is C15H19N3O. The van der Waals surface area contributed by atoms with Crippen molar-refractivity contribution >= 4 is 0 Å². The number of hydrogen-bond acceptors (Lipinski definition) is 4. The minimum atomic E-state index is 0.560. The van der Waals surface area contributed by atoms with Crippen LogP contribution in [-0.4, -0.2) is 23.6 Å². The Morgan fingerprint density at radius 3 is 2.68 bits per heavy atom. The largest absolute Gasteiger partial charge is 0.479 e. The van der Waals surface area contributed by atoms with Crippen molar-refractivity contribution in [3.63, 3.8) is 0 Å². The number of aromatic nitrogens is 2. The first-order valence-corrected chi connectivity index (χ1v) is 6.42. The number of methoxy groups -OCH3 is 1. The van der Waals surface area contributed by atoms with Crippen LogP contribution in [0.2, 0.25) is 0 Å². The SMILES string of the molecule is CCNCc1ccc(-c2nccnc2OC)c(C)c1. The number of nitrogens with one attached hydrogen (secondary N) is 1. The van der Waals surface area contributed by atoms with Crippen LogP contribution in [0.5, 0.6) is 5.88 Å². The summed E-state index contributed by atoms with van der Waals surface area (Å²) in [5.74, 6) is 0.560. The molecule has 1 heterocycles. The van der Waals surface area contributed by atoms with Crippen molar-refractivity contribution in [1.29, 1.82) is 0 Å². The molecule has 0 spiro atoms. The molecule has 1 aromatic heterocycles. The molecule has 0 unspecified atom stereocenters. The van der Waals surface area contributed by atoms with E-state index >= 15 is 0 Å². The lowest BCUT2D eigenvalue weighted by atomic mass is 10.0. The summed E-state index contributed by atoms with van der Waals surface area (Å²) in [5, 5.41) is 3.32. The van der Waals surface area contributed by atoms with Crippen molar-refractivity contribution in [2.45, 2.75) is 20.4 Å². The molecule has 4 heteroatoms. The second kappa shape index (κ2) is 6.29. The number of hydrogen-bond donors (Lipinski definition) is 1. The zero-order valence-corrected chi connectivity index (χ0v) is 11.6. The molecule has 2 rings (SSSR count). The molecule has 0 fully saturated rings. The maximum absolute atomic E-state index is 5.26. The second-order valence-electron chi connectivity index (χ2n) is 4.34. The Hall–Kier alpha value is -1.94. The third-order valence-corrected chi connectivity index (χ3v) is 2.98. The molecule has 0 aliphatic rings. The van der Waals surface area contributed by atoms with Crippen LogP contribution in [0.3, 0.4) is 0 Å². The summed E-state index contributed by atoms with van der Waals surface area (Å²) in [6.45, 7) is 6.04. The molecule has 1 N–H and O–H groups in total. The van der Waals surface area contributed by atoms with Gasteiger partial charge in [0, 0.05) is 24.5 Å². The van der Waals surface area contributed by atoms with Crippen molar-refractivity contribution in [1.82, 2.24) is 15.3 Å². The van der Waals surface area contributed by atoms with E-state index in [4.69, 9.17) is 4.74 Å². The van der Waals surface area contributed by atoms with Crippen molar-refractivity contribution < 1.29 is 4.74 Å². The molecule has 4 nitrogen and oxygen atoms in total. The summed E-state index contributed by atoms with van der Waals surface area (Å²) in [6, 6.07) is 6.36. The van der Waals surface area contributed by atoms with Gasteiger partial charge in [-0.25, -0.2) is 9.97 Å². The van der Waals surface area contributed by atoms with Gasteiger partial charge < -0.3 is 10.1 Å². The Bertz CT molecular complexity index is 555. The van der Waals surface area contributed by atoms with Crippen molar-refractivity contribution in [2.75, 3.05) is 13.7 Å². The number of nitrogens with zero attached hydrogens (tertiary/aromatic N) is 2. The number of rotatable bonds is 5. The molecule has 2 aromatic rings. The molecule has 0 saturated carbocycles. The van der Waals surface area contributed by atoms with Gasteiger partial charge in [-0.1, -0.05) is 25.1 Å². The van der Waals surface area contributed by atoms with Crippen molar-refractivity contribution in [2.24, 2.45) is 0 Å². The van der Waals surface area contributed by atoms with Gasteiger partial charge in [-0.05, 0) is 24.6 Å². The molecule has 0 saturated heterocycles. The van der Waals surface area contributed by atoms with E-state index in [0.29, 0.717) is 5.88 Å². The van der Waals surface area contributed by atoms with E-state index in [2.05, 4.69) is 47.3 Å². The van der Waals surface area contributed by atoms with Crippen LogP contribution in [0.15, 0.2) is 30.6 Å². The predicted octanol–water partition coefficient (Wildman–Crippen LogP) is 2.57. The maximum Gasteiger partial charge on any atom is 0.240 e. The summed E-state index contributed by atoms with van der Waals surface area (Å²) in [7, 11) is 1.61. The fraction of sp³-hybridized carbons (Fsp3) is 0.333. The first kappa shape index (κ1) is 13.5. The minimum Gasteiger partial charge on any atom is -0.479 e. The van der Waals surface area contributed by atoms with E-state index in [1.807, 2.05) is 0 Å². The molecule has 0 radical (unpaired) electrons. The van der Waals surface area contributed by atoms with E-state index in [-0.39, 0.29) is 0 Å². The van der Waals surface area contributed by atoms with Crippen molar-refractivity contribution in [3.05, 3.63) is 41.7 Å². The Kier molecular flexibility index (Phi) is 4.47. The van der Waals surface area contributed by atoms with Crippen LogP contribution >= 0.6 is 0 Å². The standard InChI is InChI=1S/C15H19N3O/c1-4-16-10-12-5-6-13(11(2)9-12)14-15(19-3)18-8-7-17-14/h5-9,16H,4,10H2,1-3H3. The van der Waals surface area contributed by atoms with Gasteiger partial charge in [-0.3, -0.25) is 0 Å². The van der Waals surface area contributed by atoms with Crippen LogP contribution in [-0.2, 0) is 6.54 Å². The fourth-order valence-corrected chi connectivity index (χ4v) is 2.03. The van der Waals surface area contributed by atoms with Crippen LogP contribution in [0.1, 0.15) is 18.1 Å². The average Bonchev–Trinajstić information content (AvgIpc) is 2.45. The van der Waals surface area contributed by atoms with Crippen molar-refractivity contribution in [3.8, 4) is 17.1 Å². The molecule has 100 valence electrons. The molecular weight excluding hydrogens is 238 g/mol. The maximum atomic E-state index is 5.26. The quantitative estimate of drug-likeness (QED) is 0.894. The fourth-order valence-electron chi connectivity index (χ4n) is 2.03.